The van der Waals surface area contributed by atoms with Gasteiger partial charge in [-0.2, -0.15) is 0 Å². The van der Waals surface area contributed by atoms with Crippen molar-refractivity contribution in [3.05, 3.63) is 53.8 Å². The molecule has 0 unspecified atom stereocenters. The molecule has 1 saturated heterocycles. The van der Waals surface area contributed by atoms with Gasteiger partial charge in [0.15, 0.2) is 0 Å². The number of halogens is 3. The summed E-state index contributed by atoms with van der Waals surface area (Å²) in [5.41, 5.74) is 0.0344. The molecule has 3 N–H and O–H groups in total. The third-order valence-electron chi connectivity index (χ3n) is 5.03. The van der Waals surface area contributed by atoms with Crippen LogP contribution in [0.15, 0.2) is 42.5 Å². The Labute approximate surface area is 166 Å². The average molecular weight is 412 g/mol. The van der Waals surface area contributed by atoms with Crippen LogP contribution in [0.2, 0.25) is 0 Å². The molecular weight excluding hydrogens is 389 g/mol. The van der Waals surface area contributed by atoms with Gasteiger partial charge in [-0.05, 0) is 48.4 Å². The lowest BCUT2D eigenvalue weighted by Gasteiger charge is -2.39. The Kier molecular flexibility index (Phi) is 6.19. The third-order valence-corrected chi connectivity index (χ3v) is 5.03. The summed E-state index contributed by atoms with van der Waals surface area (Å²) in [5.74, 6) is -3.63. The van der Waals surface area contributed by atoms with Gasteiger partial charge in [-0.1, -0.05) is 19.1 Å². The zero-order valence-corrected chi connectivity index (χ0v) is 15.9. The third kappa shape index (κ3) is 4.40. The summed E-state index contributed by atoms with van der Waals surface area (Å²) in [4.78, 5) is 0. The summed E-state index contributed by atoms with van der Waals surface area (Å²) in [7, 11) is 0. The van der Waals surface area contributed by atoms with Gasteiger partial charge in [0.2, 0.25) is 6.29 Å². The maximum Gasteiger partial charge on any atom is 0.273 e. The fourth-order valence-electron chi connectivity index (χ4n) is 3.25. The summed E-state index contributed by atoms with van der Waals surface area (Å²) in [6, 6.07) is 9.06. The van der Waals surface area contributed by atoms with Crippen LogP contribution in [0.25, 0.3) is 11.1 Å². The number of alkyl halides is 2. The molecule has 0 radical (unpaired) electrons. The second-order valence-electron chi connectivity index (χ2n) is 7.07. The molecule has 0 aromatic heterocycles. The van der Waals surface area contributed by atoms with Gasteiger partial charge in [-0.25, -0.2) is 13.2 Å². The Balaban J connectivity index is 1.98. The topological polar surface area (TPSA) is 79.2 Å². The molecule has 8 heteroatoms. The normalized spacial score (nSPS) is 27.7. The van der Waals surface area contributed by atoms with Crippen molar-refractivity contribution in [2.45, 2.75) is 56.9 Å². The molecule has 158 valence electrons. The van der Waals surface area contributed by atoms with E-state index in [1.165, 1.54) is 50.2 Å². The van der Waals surface area contributed by atoms with E-state index in [2.05, 4.69) is 0 Å². The summed E-state index contributed by atoms with van der Waals surface area (Å²) >= 11 is 0. The van der Waals surface area contributed by atoms with E-state index >= 15 is 0 Å². The minimum absolute atomic E-state index is 0.0766. The number of benzene rings is 2. The molecule has 0 saturated carbocycles. The van der Waals surface area contributed by atoms with Gasteiger partial charge in [0.05, 0.1) is 6.10 Å². The highest BCUT2D eigenvalue weighted by molar-refractivity contribution is 5.70. The van der Waals surface area contributed by atoms with Gasteiger partial charge in [0, 0.05) is 12.0 Å². The molecule has 3 rings (SSSR count). The first kappa shape index (κ1) is 21.6. The van der Waals surface area contributed by atoms with Gasteiger partial charge in [-0.15, -0.1) is 0 Å². The average Bonchev–Trinajstić information content (AvgIpc) is 2.70. The Hall–Kier alpha value is -2.13. The van der Waals surface area contributed by atoms with Crippen LogP contribution in [0.1, 0.15) is 25.8 Å². The highest BCUT2D eigenvalue weighted by atomic mass is 19.3. The molecule has 1 aliphatic rings. The quantitative estimate of drug-likeness (QED) is 0.703. The van der Waals surface area contributed by atoms with Crippen LogP contribution in [-0.4, -0.2) is 46.0 Å². The first-order valence-electron chi connectivity index (χ1n) is 9.28. The van der Waals surface area contributed by atoms with E-state index in [1.807, 2.05) is 0 Å². The molecule has 1 heterocycles. The molecule has 2 aromatic carbocycles. The zero-order chi connectivity index (χ0) is 21.3. The number of hydrogen-bond donors (Lipinski definition) is 3. The lowest BCUT2D eigenvalue weighted by Crippen LogP contribution is -2.58. The predicted octanol–water partition coefficient (Wildman–Crippen LogP) is 3.20. The second kappa shape index (κ2) is 8.31. The van der Waals surface area contributed by atoms with Crippen molar-refractivity contribution in [3.8, 4) is 16.9 Å². The lowest BCUT2D eigenvalue weighted by molar-refractivity contribution is -0.268. The van der Waals surface area contributed by atoms with Crippen LogP contribution in [0.5, 0.6) is 5.75 Å². The molecule has 1 aliphatic heterocycles. The molecule has 0 amide bonds. The van der Waals surface area contributed by atoms with Crippen molar-refractivity contribution in [1.82, 2.24) is 0 Å². The molecular formula is C21H23F3O5. The molecule has 2 aromatic rings. The number of rotatable bonds is 5. The van der Waals surface area contributed by atoms with Crippen LogP contribution < -0.4 is 4.74 Å². The van der Waals surface area contributed by atoms with E-state index in [1.54, 1.807) is 0 Å². The summed E-state index contributed by atoms with van der Waals surface area (Å²) < 4.78 is 53.6. The van der Waals surface area contributed by atoms with Crippen molar-refractivity contribution in [1.29, 1.82) is 0 Å². The number of aliphatic hydroxyl groups is 3. The van der Waals surface area contributed by atoms with Gasteiger partial charge >= 0.3 is 0 Å². The van der Waals surface area contributed by atoms with Gasteiger partial charge < -0.3 is 24.8 Å². The second-order valence-corrected chi connectivity index (χ2v) is 7.07. The predicted molar refractivity (Wildman–Crippen MR) is 99.0 cm³/mol. The van der Waals surface area contributed by atoms with Crippen molar-refractivity contribution >= 4 is 0 Å². The summed E-state index contributed by atoms with van der Waals surface area (Å²) in [5, 5.41) is 29.8. The number of aliphatic hydroxyl groups excluding tert-OH is 3. The van der Waals surface area contributed by atoms with Crippen LogP contribution in [0.4, 0.5) is 13.2 Å². The fraction of sp³-hybridized carbons (Fsp3) is 0.429. The standard InChI is InChI=1S/C21H23F3O5/c1-3-21(23,24)16-8-7-14(10-15(16)12-5-4-6-13(22)9-12)29-20-19(27)18(26)17(25)11(2)28-20/h4-11,17-20,25-27H,3H2,1-2H3/t11-,17-,18+,19+,20-/m0/s1. The minimum atomic E-state index is -3.14. The van der Waals surface area contributed by atoms with Crippen molar-refractivity contribution < 1.29 is 38.0 Å². The SMILES string of the molecule is CCC(F)(F)c1ccc(O[C@@H]2O[C@@H](C)[C@H](O)[C@@H](O)[C@H]2O)cc1-c1cccc(F)c1. The zero-order valence-electron chi connectivity index (χ0n) is 15.9. The molecule has 0 aliphatic carbocycles. The van der Waals surface area contributed by atoms with Crippen LogP contribution in [0, 0.1) is 5.82 Å². The van der Waals surface area contributed by atoms with E-state index < -0.39 is 48.9 Å². The molecule has 5 atom stereocenters. The lowest BCUT2D eigenvalue weighted by atomic mass is 9.94. The molecule has 5 nitrogen and oxygen atoms in total. The Morgan fingerprint density at radius 3 is 2.41 bits per heavy atom. The smallest absolute Gasteiger partial charge is 0.273 e. The molecule has 0 spiro atoms. The summed E-state index contributed by atoms with van der Waals surface area (Å²) in [6.45, 7) is 2.85. The molecule has 1 fully saturated rings. The largest absolute Gasteiger partial charge is 0.462 e. The summed E-state index contributed by atoms with van der Waals surface area (Å²) in [6.07, 6.45) is -6.91. The first-order chi connectivity index (χ1) is 13.6. The van der Waals surface area contributed by atoms with E-state index in [0.717, 1.165) is 6.07 Å². The van der Waals surface area contributed by atoms with Gasteiger partial charge in [-0.3, -0.25) is 0 Å². The van der Waals surface area contributed by atoms with Crippen LogP contribution in [-0.2, 0) is 10.7 Å². The molecule has 0 bridgehead atoms. The van der Waals surface area contributed by atoms with E-state index in [0.29, 0.717) is 0 Å². The van der Waals surface area contributed by atoms with Gasteiger partial charge in [0.25, 0.3) is 5.92 Å². The first-order valence-corrected chi connectivity index (χ1v) is 9.28. The molecule has 29 heavy (non-hydrogen) atoms. The maximum absolute atomic E-state index is 14.5. The van der Waals surface area contributed by atoms with Crippen LogP contribution in [0.3, 0.4) is 0 Å². The van der Waals surface area contributed by atoms with Crippen LogP contribution >= 0.6 is 0 Å². The van der Waals surface area contributed by atoms with E-state index in [4.69, 9.17) is 9.47 Å². The Morgan fingerprint density at radius 1 is 1.03 bits per heavy atom. The van der Waals surface area contributed by atoms with Crippen molar-refractivity contribution in [3.63, 3.8) is 0 Å². The highest BCUT2D eigenvalue weighted by Gasteiger charge is 2.43. The van der Waals surface area contributed by atoms with Crippen molar-refractivity contribution in [2.24, 2.45) is 0 Å². The van der Waals surface area contributed by atoms with E-state index in [9.17, 15) is 28.5 Å². The number of ether oxygens (including phenoxy) is 2. The van der Waals surface area contributed by atoms with Crippen molar-refractivity contribution in [2.75, 3.05) is 0 Å². The maximum atomic E-state index is 14.5. The minimum Gasteiger partial charge on any atom is -0.462 e. The van der Waals surface area contributed by atoms with Gasteiger partial charge in [0.1, 0.15) is 29.9 Å². The monoisotopic (exact) mass is 412 g/mol. The fourth-order valence-corrected chi connectivity index (χ4v) is 3.25. The highest BCUT2D eigenvalue weighted by Crippen LogP contribution is 2.40. The number of hydrogen-bond acceptors (Lipinski definition) is 5. The van der Waals surface area contributed by atoms with E-state index in [-0.39, 0.29) is 22.4 Å². The Bertz CT molecular complexity index is 860. The Morgan fingerprint density at radius 2 is 1.76 bits per heavy atom.